The fourth-order valence-corrected chi connectivity index (χ4v) is 3.66. The first-order chi connectivity index (χ1) is 13.4. The summed E-state index contributed by atoms with van der Waals surface area (Å²) in [6.07, 6.45) is 2.77. The van der Waals surface area contributed by atoms with Gasteiger partial charge < -0.3 is 15.1 Å². The van der Waals surface area contributed by atoms with Crippen LogP contribution >= 0.6 is 0 Å². The standard InChI is InChI=1S/C19H23FN4O4/c20-15-4-1-3-14(9-15)10-19(18(27)28)11-23(8-6-16(19)25)17(26)5-2-7-24-13-21-12-22-24/h1,3-4,9,12-13,16,25H,2,5-8,10-11H2,(H,27,28)/t16-,19+/m0/s1. The average molecular weight is 390 g/mol. The van der Waals surface area contributed by atoms with Crippen molar-refractivity contribution in [2.75, 3.05) is 13.1 Å². The number of carbonyl (C=O) groups is 2. The number of carboxylic acids is 1. The Morgan fingerprint density at radius 3 is 2.86 bits per heavy atom. The van der Waals surface area contributed by atoms with Crippen LogP contribution < -0.4 is 0 Å². The van der Waals surface area contributed by atoms with E-state index in [0.717, 1.165) is 0 Å². The Bertz CT molecular complexity index is 829. The minimum Gasteiger partial charge on any atom is -0.481 e. The molecule has 1 aromatic heterocycles. The second-order valence-corrected chi connectivity index (χ2v) is 7.15. The summed E-state index contributed by atoms with van der Waals surface area (Å²) in [7, 11) is 0. The maximum Gasteiger partial charge on any atom is 0.314 e. The molecule has 0 aliphatic carbocycles. The zero-order valence-corrected chi connectivity index (χ0v) is 15.4. The second-order valence-electron chi connectivity index (χ2n) is 7.15. The Labute approximate surface area is 161 Å². The number of aryl methyl sites for hydroxylation is 1. The number of piperidine rings is 1. The van der Waals surface area contributed by atoms with E-state index in [0.29, 0.717) is 25.1 Å². The lowest BCUT2D eigenvalue weighted by Crippen LogP contribution is -2.58. The summed E-state index contributed by atoms with van der Waals surface area (Å²) in [4.78, 5) is 30.0. The number of aliphatic carboxylic acids is 1. The summed E-state index contributed by atoms with van der Waals surface area (Å²) >= 11 is 0. The van der Waals surface area contributed by atoms with Crippen LogP contribution in [0.15, 0.2) is 36.9 Å². The van der Waals surface area contributed by atoms with Crippen LogP contribution in [-0.4, -0.2) is 60.9 Å². The quantitative estimate of drug-likeness (QED) is 0.733. The molecule has 2 heterocycles. The third-order valence-electron chi connectivity index (χ3n) is 5.21. The highest BCUT2D eigenvalue weighted by atomic mass is 19.1. The number of carbonyl (C=O) groups excluding carboxylic acids is 1. The summed E-state index contributed by atoms with van der Waals surface area (Å²) in [5.74, 6) is -1.83. The molecule has 2 aromatic rings. The molecule has 1 aliphatic heterocycles. The molecule has 0 radical (unpaired) electrons. The Kier molecular flexibility index (Phi) is 6.03. The zero-order chi connectivity index (χ0) is 20.1. The van der Waals surface area contributed by atoms with Crippen LogP contribution in [0.3, 0.4) is 0 Å². The molecule has 28 heavy (non-hydrogen) atoms. The maximum atomic E-state index is 13.5. The summed E-state index contributed by atoms with van der Waals surface area (Å²) in [5.41, 5.74) is -1.09. The highest BCUT2D eigenvalue weighted by molar-refractivity contribution is 5.80. The van der Waals surface area contributed by atoms with Gasteiger partial charge in [0.1, 0.15) is 23.9 Å². The van der Waals surface area contributed by atoms with Crippen LogP contribution in [0.4, 0.5) is 4.39 Å². The highest BCUT2D eigenvalue weighted by Gasteiger charge is 2.50. The topological polar surface area (TPSA) is 109 Å². The summed E-state index contributed by atoms with van der Waals surface area (Å²) in [5, 5.41) is 24.3. The first kappa shape index (κ1) is 19.9. The number of hydrogen-bond donors (Lipinski definition) is 2. The monoisotopic (exact) mass is 390 g/mol. The molecule has 1 aliphatic rings. The SMILES string of the molecule is O=C(CCCn1cncn1)N1CC[C@H](O)[C@](Cc2cccc(F)c2)(C(=O)O)C1. The molecule has 3 rings (SSSR count). The number of rotatable bonds is 7. The average Bonchev–Trinajstić information content (AvgIpc) is 3.17. The van der Waals surface area contributed by atoms with Crippen LogP contribution in [0, 0.1) is 11.2 Å². The van der Waals surface area contributed by atoms with E-state index in [2.05, 4.69) is 10.1 Å². The van der Waals surface area contributed by atoms with Gasteiger partial charge in [0.25, 0.3) is 0 Å². The van der Waals surface area contributed by atoms with Crippen LogP contribution in [0.5, 0.6) is 0 Å². The second kappa shape index (κ2) is 8.47. The molecule has 2 N–H and O–H groups in total. The number of halogens is 1. The Hall–Kier alpha value is -2.81. The number of benzene rings is 1. The Morgan fingerprint density at radius 2 is 2.18 bits per heavy atom. The molecule has 1 aromatic carbocycles. The number of hydrogen-bond acceptors (Lipinski definition) is 5. The molecular formula is C19H23FN4O4. The normalized spacial score (nSPS) is 22.2. The van der Waals surface area contributed by atoms with E-state index in [4.69, 9.17) is 0 Å². The smallest absolute Gasteiger partial charge is 0.314 e. The minimum absolute atomic E-state index is 0.0516. The van der Waals surface area contributed by atoms with E-state index >= 15 is 0 Å². The van der Waals surface area contributed by atoms with E-state index in [-0.39, 0.29) is 31.7 Å². The molecule has 0 unspecified atom stereocenters. The van der Waals surface area contributed by atoms with Crippen molar-refractivity contribution in [2.45, 2.75) is 38.3 Å². The van der Waals surface area contributed by atoms with Gasteiger partial charge in [-0.3, -0.25) is 14.3 Å². The molecule has 1 saturated heterocycles. The summed E-state index contributed by atoms with van der Waals surface area (Å²) in [6, 6.07) is 5.66. The van der Waals surface area contributed by atoms with Gasteiger partial charge in [0.05, 0.1) is 6.10 Å². The largest absolute Gasteiger partial charge is 0.481 e. The molecule has 9 heteroatoms. The first-order valence-corrected chi connectivity index (χ1v) is 9.17. The van der Waals surface area contributed by atoms with Crippen LogP contribution in [-0.2, 0) is 22.6 Å². The van der Waals surface area contributed by atoms with Gasteiger partial charge in [-0.1, -0.05) is 12.1 Å². The fraction of sp³-hybridized carbons (Fsp3) is 0.474. The van der Waals surface area contributed by atoms with Gasteiger partial charge in [-0.05, 0) is 37.0 Å². The number of nitrogens with zero attached hydrogens (tertiary/aromatic N) is 4. The van der Waals surface area contributed by atoms with E-state index in [1.165, 1.54) is 29.4 Å². The van der Waals surface area contributed by atoms with Crippen molar-refractivity contribution >= 4 is 11.9 Å². The molecule has 1 fully saturated rings. The van der Waals surface area contributed by atoms with Gasteiger partial charge in [-0.2, -0.15) is 5.10 Å². The van der Waals surface area contributed by atoms with Crippen molar-refractivity contribution in [3.8, 4) is 0 Å². The van der Waals surface area contributed by atoms with Crippen LogP contribution in [0.25, 0.3) is 0 Å². The fourth-order valence-electron chi connectivity index (χ4n) is 3.66. The molecule has 0 saturated carbocycles. The third kappa shape index (κ3) is 4.36. The number of aliphatic hydroxyl groups excluding tert-OH is 1. The molecule has 1 amide bonds. The van der Waals surface area contributed by atoms with Crippen LogP contribution in [0.2, 0.25) is 0 Å². The van der Waals surface area contributed by atoms with E-state index in [9.17, 15) is 24.2 Å². The number of likely N-dealkylation sites (tertiary alicyclic amines) is 1. The minimum atomic E-state index is -1.56. The van der Waals surface area contributed by atoms with Crippen molar-refractivity contribution in [1.82, 2.24) is 19.7 Å². The Balaban J connectivity index is 1.69. The van der Waals surface area contributed by atoms with Gasteiger partial charge in [-0.25, -0.2) is 9.37 Å². The van der Waals surface area contributed by atoms with Crippen molar-refractivity contribution < 1.29 is 24.2 Å². The number of aliphatic hydroxyl groups is 1. The summed E-state index contributed by atoms with van der Waals surface area (Å²) < 4.78 is 15.1. The lowest BCUT2D eigenvalue weighted by atomic mass is 9.72. The number of carboxylic acid groups (broad SMARTS) is 1. The van der Waals surface area contributed by atoms with E-state index in [1.54, 1.807) is 17.1 Å². The van der Waals surface area contributed by atoms with E-state index < -0.39 is 23.3 Å². The highest BCUT2D eigenvalue weighted by Crippen LogP contribution is 2.35. The predicted molar refractivity (Wildman–Crippen MR) is 96.6 cm³/mol. The molecule has 0 bridgehead atoms. The first-order valence-electron chi connectivity index (χ1n) is 9.17. The zero-order valence-electron chi connectivity index (χ0n) is 15.4. The van der Waals surface area contributed by atoms with Crippen LogP contribution in [0.1, 0.15) is 24.8 Å². The number of amides is 1. The Morgan fingerprint density at radius 1 is 1.36 bits per heavy atom. The molecule has 0 spiro atoms. The van der Waals surface area contributed by atoms with Gasteiger partial charge in [-0.15, -0.1) is 0 Å². The third-order valence-corrected chi connectivity index (χ3v) is 5.21. The van der Waals surface area contributed by atoms with Crippen molar-refractivity contribution in [3.05, 3.63) is 48.3 Å². The van der Waals surface area contributed by atoms with Gasteiger partial charge in [0, 0.05) is 26.1 Å². The molecular weight excluding hydrogens is 367 g/mol. The summed E-state index contributed by atoms with van der Waals surface area (Å²) in [6.45, 7) is 0.721. The van der Waals surface area contributed by atoms with Crippen molar-refractivity contribution in [3.63, 3.8) is 0 Å². The molecule has 150 valence electrons. The lowest BCUT2D eigenvalue weighted by Gasteiger charge is -2.43. The maximum absolute atomic E-state index is 13.5. The van der Waals surface area contributed by atoms with Crippen molar-refractivity contribution in [1.29, 1.82) is 0 Å². The van der Waals surface area contributed by atoms with Gasteiger partial charge in [0.2, 0.25) is 5.91 Å². The lowest BCUT2D eigenvalue weighted by molar-refractivity contribution is -0.165. The van der Waals surface area contributed by atoms with Gasteiger partial charge in [0.15, 0.2) is 0 Å². The molecule has 8 nitrogen and oxygen atoms in total. The molecule has 2 atom stereocenters. The van der Waals surface area contributed by atoms with E-state index in [1.807, 2.05) is 0 Å². The van der Waals surface area contributed by atoms with Gasteiger partial charge >= 0.3 is 5.97 Å². The number of aromatic nitrogens is 3. The van der Waals surface area contributed by atoms with Crippen molar-refractivity contribution in [2.24, 2.45) is 5.41 Å². The predicted octanol–water partition coefficient (Wildman–Crippen LogP) is 1.10.